The molecular weight excluding hydrogens is 378 g/mol. The average molecular weight is 393 g/mol. The number of ketones is 1. The maximum atomic E-state index is 13.1. The third-order valence-electron chi connectivity index (χ3n) is 4.15. The van der Waals surface area contributed by atoms with E-state index in [2.05, 4.69) is 21.9 Å². The summed E-state index contributed by atoms with van der Waals surface area (Å²) in [7, 11) is 0. The maximum Gasteiger partial charge on any atom is 0.387 e. The van der Waals surface area contributed by atoms with Crippen molar-refractivity contribution in [3.8, 4) is 5.75 Å². The molecule has 0 aromatic heterocycles. The fourth-order valence-corrected chi connectivity index (χ4v) is 3.11. The number of ether oxygens (including phenoxy) is 1. The van der Waals surface area contributed by atoms with Crippen LogP contribution in [0.2, 0.25) is 5.02 Å². The fourth-order valence-electron chi connectivity index (χ4n) is 2.99. The monoisotopic (exact) mass is 392 g/mol. The molecule has 27 heavy (non-hydrogen) atoms. The van der Waals surface area contributed by atoms with Gasteiger partial charge in [0.15, 0.2) is 5.78 Å². The standard InChI is InChI=1S/C19H15ClF2N2O3/c1-10-15(17(25)11-6-8-12(20)9-7-11)16(24-19(26)23-10)13-4-2-3-5-14(13)27-18(21)22/h2-9,15-16,18H,1H2,(H2,23,24,26)/t15-,16-/m0/s1. The van der Waals surface area contributed by atoms with Crippen LogP contribution >= 0.6 is 11.6 Å². The van der Waals surface area contributed by atoms with Crippen molar-refractivity contribution in [2.45, 2.75) is 12.7 Å². The van der Waals surface area contributed by atoms with Gasteiger partial charge in [0.05, 0.1) is 12.0 Å². The Kier molecular flexibility index (Phi) is 5.41. The molecule has 5 nitrogen and oxygen atoms in total. The number of hydrogen-bond donors (Lipinski definition) is 2. The zero-order valence-electron chi connectivity index (χ0n) is 13.9. The van der Waals surface area contributed by atoms with E-state index in [0.29, 0.717) is 10.6 Å². The molecule has 1 aliphatic rings. The summed E-state index contributed by atoms with van der Waals surface area (Å²) in [6.07, 6.45) is 0. The molecule has 0 aliphatic carbocycles. The van der Waals surface area contributed by atoms with E-state index in [0.717, 1.165) is 0 Å². The van der Waals surface area contributed by atoms with E-state index < -0.39 is 24.6 Å². The van der Waals surface area contributed by atoms with Crippen LogP contribution in [0.5, 0.6) is 5.75 Å². The van der Waals surface area contributed by atoms with Crippen LogP contribution in [0, 0.1) is 5.92 Å². The smallest absolute Gasteiger partial charge is 0.387 e. The first-order chi connectivity index (χ1) is 12.9. The van der Waals surface area contributed by atoms with Gasteiger partial charge in [0, 0.05) is 21.8 Å². The molecule has 1 aliphatic heterocycles. The largest absolute Gasteiger partial charge is 0.434 e. The molecule has 140 valence electrons. The number of nitrogens with one attached hydrogen (secondary N) is 2. The Morgan fingerprint density at radius 2 is 1.81 bits per heavy atom. The summed E-state index contributed by atoms with van der Waals surface area (Å²) in [5, 5.41) is 5.54. The lowest BCUT2D eigenvalue weighted by molar-refractivity contribution is -0.0507. The first-order valence-electron chi connectivity index (χ1n) is 7.96. The molecule has 0 radical (unpaired) electrons. The number of Topliss-reactive ketones (excluding diaryl/α,β-unsaturated/α-hetero) is 1. The number of benzene rings is 2. The van der Waals surface area contributed by atoms with Gasteiger partial charge in [-0.05, 0) is 30.3 Å². The Morgan fingerprint density at radius 1 is 1.15 bits per heavy atom. The van der Waals surface area contributed by atoms with Gasteiger partial charge in [0.2, 0.25) is 0 Å². The SMILES string of the molecule is C=C1NC(=O)N[C@@H](c2ccccc2OC(F)F)[C@H]1C(=O)c1ccc(Cl)cc1. The highest BCUT2D eigenvalue weighted by Crippen LogP contribution is 2.37. The van der Waals surface area contributed by atoms with E-state index in [1.165, 1.54) is 18.2 Å². The molecule has 0 unspecified atom stereocenters. The summed E-state index contributed by atoms with van der Waals surface area (Å²) < 4.78 is 30.1. The number of para-hydroxylation sites is 1. The van der Waals surface area contributed by atoms with E-state index in [9.17, 15) is 18.4 Å². The molecule has 2 N–H and O–H groups in total. The number of halogens is 3. The van der Waals surface area contributed by atoms with Crippen molar-refractivity contribution in [3.63, 3.8) is 0 Å². The Balaban J connectivity index is 2.03. The predicted octanol–water partition coefficient (Wildman–Crippen LogP) is 4.31. The van der Waals surface area contributed by atoms with E-state index in [-0.39, 0.29) is 22.8 Å². The minimum Gasteiger partial charge on any atom is -0.434 e. The summed E-state index contributed by atoms with van der Waals surface area (Å²) in [5.74, 6) is -1.39. The Hall–Kier alpha value is -2.93. The first-order valence-corrected chi connectivity index (χ1v) is 8.34. The quantitative estimate of drug-likeness (QED) is 0.745. The van der Waals surface area contributed by atoms with Crippen LogP contribution in [-0.2, 0) is 0 Å². The van der Waals surface area contributed by atoms with Gasteiger partial charge in [0.25, 0.3) is 0 Å². The predicted molar refractivity (Wildman–Crippen MR) is 95.9 cm³/mol. The summed E-state index contributed by atoms with van der Waals surface area (Å²) in [6.45, 7) is 0.724. The second-order valence-corrected chi connectivity index (χ2v) is 6.30. The molecule has 0 bridgehead atoms. The Labute approximate surface area is 159 Å². The highest BCUT2D eigenvalue weighted by Gasteiger charge is 2.39. The summed E-state index contributed by atoms with van der Waals surface area (Å²) in [4.78, 5) is 25.0. The second kappa shape index (κ2) is 7.75. The minimum absolute atomic E-state index is 0.124. The van der Waals surface area contributed by atoms with Gasteiger partial charge in [-0.25, -0.2) is 4.79 Å². The topological polar surface area (TPSA) is 67.4 Å². The third kappa shape index (κ3) is 4.09. The lowest BCUT2D eigenvalue weighted by Crippen LogP contribution is -2.50. The molecular formula is C19H15ClF2N2O3. The van der Waals surface area contributed by atoms with E-state index >= 15 is 0 Å². The van der Waals surface area contributed by atoms with Crippen molar-refractivity contribution in [2.24, 2.45) is 5.92 Å². The molecule has 3 rings (SSSR count). The number of carbonyl (C=O) groups excluding carboxylic acids is 2. The molecule has 2 aromatic carbocycles. The molecule has 0 spiro atoms. The minimum atomic E-state index is -3.04. The first kappa shape index (κ1) is 18.8. The van der Waals surface area contributed by atoms with Crippen LogP contribution in [-0.4, -0.2) is 18.4 Å². The number of urea groups is 1. The van der Waals surface area contributed by atoms with Crippen LogP contribution in [0.3, 0.4) is 0 Å². The van der Waals surface area contributed by atoms with E-state index in [1.807, 2.05) is 0 Å². The van der Waals surface area contributed by atoms with Gasteiger partial charge in [0.1, 0.15) is 5.75 Å². The number of amides is 2. The molecule has 0 saturated carbocycles. The lowest BCUT2D eigenvalue weighted by atomic mass is 9.83. The third-order valence-corrected chi connectivity index (χ3v) is 4.40. The van der Waals surface area contributed by atoms with Crippen molar-refractivity contribution in [2.75, 3.05) is 0 Å². The molecule has 8 heteroatoms. The molecule has 1 saturated heterocycles. The zero-order chi connectivity index (χ0) is 19.6. The zero-order valence-corrected chi connectivity index (χ0v) is 14.7. The van der Waals surface area contributed by atoms with Gasteiger partial charge in [-0.15, -0.1) is 0 Å². The van der Waals surface area contributed by atoms with Crippen LogP contribution in [0.4, 0.5) is 13.6 Å². The highest BCUT2D eigenvalue weighted by molar-refractivity contribution is 6.30. The van der Waals surface area contributed by atoms with Crippen molar-refractivity contribution in [1.82, 2.24) is 10.6 Å². The number of alkyl halides is 2. The van der Waals surface area contributed by atoms with Gasteiger partial charge in [-0.1, -0.05) is 36.4 Å². The maximum absolute atomic E-state index is 13.1. The Bertz CT molecular complexity index is 887. The van der Waals surface area contributed by atoms with Crippen LogP contribution in [0.25, 0.3) is 0 Å². The summed E-state index contributed by atoms with van der Waals surface area (Å²) in [6, 6.07) is 10.7. The average Bonchev–Trinajstić information content (AvgIpc) is 2.61. The van der Waals surface area contributed by atoms with Crippen LogP contribution in [0.1, 0.15) is 22.0 Å². The number of carbonyl (C=O) groups is 2. The van der Waals surface area contributed by atoms with Crippen LogP contribution < -0.4 is 15.4 Å². The van der Waals surface area contributed by atoms with E-state index in [4.69, 9.17) is 11.6 Å². The van der Waals surface area contributed by atoms with Crippen molar-refractivity contribution in [1.29, 1.82) is 0 Å². The normalized spacial score (nSPS) is 19.4. The molecule has 2 amide bonds. The fraction of sp³-hybridized carbons (Fsp3) is 0.158. The number of hydrogen-bond acceptors (Lipinski definition) is 3. The van der Waals surface area contributed by atoms with E-state index in [1.54, 1.807) is 30.3 Å². The Morgan fingerprint density at radius 3 is 2.48 bits per heavy atom. The van der Waals surface area contributed by atoms with Crippen LogP contribution in [0.15, 0.2) is 60.8 Å². The molecule has 1 heterocycles. The summed E-state index contributed by atoms with van der Waals surface area (Å²) in [5.41, 5.74) is 0.762. The van der Waals surface area contributed by atoms with Crippen molar-refractivity contribution in [3.05, 3.63) is 77.0 Å². The molecule has 2 atom stereocenters. The van der Waals surface area contributed by atoms with Gasteiger partial charge >= 0.3 is 12.6 Å². The summed E-state index contributed by atoms with van der Waals surface area (Å²) >= 11 is 5.86. The lowest BCUT2D eigenvalue weighted by Gasteiger charge is -2.34. The van der Waals surface area contributed by atoms with Gasteiger partial charge in [-0.2, -0.15) is 8.78 Å². The van der Waals surface area contributed by atoms with Crippen molar-refractivity contribution >= 4 is 23.4 Å². The molecule has 2 aromatic rings. The number of rotatable bonds is 5. The van der Waals surface area contributed by atoms with Gasteiger partial charge in [-0.3, -0.25) is 4.79 Å². The highest BCUT2D eigenvalue weighted by atomic mass is 35.5. The van der Waals surface area contributed by atoms with Gasteiger partial charge < -0.3 is 15.4 Å². The second-order valence-electron chi connectivity index (χ2n) is 5.87. The van der Waals surface area contributed by atoms with Crippen molar-refractivity contribution < 1.29 is 23.1 Å². The molecule has 1 fully saturated rings.